The van der Waals surface area contributed by atoms with Gasteiger partial charge >= 0.3 is 12.0 Å². The van der Waals surface area contributed by atoms with Crippen LogP contribution in [0.15, 0.2) is 48.5 Å². The van der Waals surface area contributed by atoms with Crippen LogP contribution in [-0.2, 0) is 22.4 Å². The minimum atomic E-state index is -0.275. The van der Waals surface area contributed by atoms with E-state index in [0.717, 1.165) is 11.1 Å². The van der Waals surface area contributed by atoms with Gasteiger partial charge in [-0.2, -0.15) is 0 Å². The van der Waals surface area contributed by atoms with Gasteiger partial charge in [0.2, 0.25) is 0 Å². The Hall–Kier alpha value is -2.82. The third kappa shape index (κ3) is 6.30. The second-order valence-corrected chi connectivity index (χ2v) is 6.16. The molecule has 2 rings (SSSR count). The molecule has 0 radical (unpaired) electrons. The predicted molar refractivity (Wildman–Crippen MR) is 98.7 cm³/mol. The molecule has 0 heterocycles. The zero-order chi connectivity index (χ0) is 18.2. The summed E-state index contributed by atoms with van der Waals surface area (Å²) in [5.74, 6) is -0.275. The number of rotatable bonds is 6. The molecule has 2 aromatic rings. The summed E-state index contributed by atoms with van der Waals surface area (Å²) in [7, 11) is 3.34. The molecule has 25 heavy (non-hydrogen) atoms. The summed E-state index contributed by atoms with van der Waals surface area (Å²) in [6.45, 7) is 2.40. The minimum Gasteiger partial charge on any atom is -0.465 e. The van der Waals surface area contributed by atoms with E-state index in [9.17, 15) is 9.59 Å². The first-order valence-electron chi connectivity index (χ1n) is 8.22. The molecule has 0 saturated heterocycles. The van der Waals surface area contributed by atoms with E-state index in [-0.39, 0.29) is 18.4 Å². The number of esters is 1. The van der Waals surface area contributed by atoms with Crippen LogP contribution < -0.4 is 5.32 Å². The number of benzene rings is 2. The molecule has 5 nitrogen and oxygen atoms in total. The summed E-state index contributed by atoms with van der Waals surface area (Å²) in [6, 6.07) is 15.2. The van der Waals surface area contributed by atoms with Crippen molar-refractivity contribution in [1.29, 1.82) is 0 Å². The number of ether oxygens (including phenoxy) is 1. The number of nitrogens with one attached hydrogen (secondary N) is 1. The fraction of sp³-hybridized carbons (Fsp3) is 0.300. The molecule has 5 heteroatoms. The van der Waals surface area contributed by atoms with E-state index < -0.39 is 0 Å². The Morgan fingerprint density at radius 1 is 1.04 bits per heavy atom. The maximum Gasteiger partial charge on any atom is 0.321 e. The molecule has 132 valence electrons. The SMILES string of the molecule is Cc1ccc(CCOC(=O)Cc2cccc(NC(=O)N(C)C)c2)cc1. The largest absolute Gasteiger partial charge is 0.465 e. The van der Waals surface area contributed by atoms with Crippen LogP contribution in [0, 0.1) is 6.92 Å². The lowest BCUT2D eigenvalue weighted by molar-refractivity contribution is -0.142. The topological polar surface area (TPSA) is 58.6 Å². The zero-order valence-corrected chi connectivity index (χ0v) is 14.9. The molecule has 0 aromatic heterocycles. The molecule has 0 unspecified atom stereocenters. The Morgan fingerprint density at radius 3 is 2.44 bits per heavy atom. The summed E-state index contributed by atoms with van der Waals surface area (Å²) in [4.78, 5) is 25.1. The van der Waals surface area contributed by atoms with Gasteiger partial charge in [0.05, 0.1) is 13.0 Å². The van der Waals surface area contributed by atoms with E-state index in [1.54, 1.807) is 32.3 Å². The van der Waals surface area contributed by atoms with E-state index in [2.05, 4.69) is 5.32 Å². The number of nitrogens with zero attached hydrogens (tertiary/aromatic N) is 1. The number of carbonyl (C=O) groups is 2. The predicted octanol–water partition coefficient (Wildman–Crippen LogP) is 3.42. The molecule has 2 amide bonds. The van der Waals surface area contributed by atoms with Gasteiger partial charge in [0.25, 0.3) is 0 Å². The van der Waals surface area contributed by atoms with Crippen LogP contribution in [0.5, 0.6) is 0 Å². The Bertz CT molecular complexity index is 724. The van der Waals surface area contributed by atoms with Crippen molar-refractivity contribution in [3.05, 3.63) is 65.2 Å². The van der Waals surface area contributed by atoms with E-state index >= 15 is 0 Å². The van der Waals surface area contributed by atoms with Crippen LogP contribution in [0.4, 0.5) is 10.5 Å². The van der Waals surface area contributed by atoms with Crippen molar-refractivity contribution in [3.8, 4) is 0 Å². The number of anilines is 1. The number of urea groups is 1. The molecule has 0 aliphatic heterocycles. The van der Waals surface area contributed by atoms with Crippen molar-refractivity contribution in [3.63, 3.8) is 0 Å². The van der Waals surface area contributed by atoms with Crippen molar-refractivity contribution >= 4 is 17.7 Å². The first-order valence-corrected chi connectivity index (χ1v) is 8.22. The number of hydrogen-bond donors (Lipinski definition) is 1. The number of amides is 2. The van der Waals surface area contributed by atoms with Crippen LogP contribution in [0.3, 0.4) is 0 Å². The van der Waals surface area contributed by atoms with Crippen LogP contribution >= 0.6 is 0 Å². The number of hydrogen-bond acceptors (Lipinski definition) is 3. The van der Waals surface area contributed by atoms with Crippen LogP contribution in [0.25, 0.3) is 0 Å². The van der Waals surface area contributed by atoms with Crippen molar-refractivity contribution in [2.75, 3.05) is 26.0 Å². The second kappa shape index (κ2) is 8.87. The summed E-state index contributed by atoms with van der Waals surface area (Å²) in [6.07, 6.45) is 0.879. The lowest BCUT2D eigenvalue weighted by atomic mass is 10.1. The van der Waals surface area contributed by atoms with Gasteiger partial charge in [0.1, 0.15) is 0 Å². The van der Waals surface area contributed by atoms with Crippen molar-refractivity contribution in [2.24, 2.45) is 0 Å². The molecule has 0 bridgehead atoms. The summed E-state index contributed by atoms with van der Waals surface area (Å²) < 4.78 is 5.30. The normalized spacial score (nSPS) is 10.2. The lowest BCUT2D eigenvalue weighted by Gasteiger charge is -2.12. The molecule has 2 aromatic carbocycles. The highest BCUT2D eigenvalue weighted by Crippen LogP contribution is 2.12. The quantitative estimate of drug-likeness (QED) is 0.820. The zero-order valence-electron chi connectivity index (χ0n) is 14.9. The first kappa shape index (κ1) is 18.5. The fourth-order valence-electron chi connectivity index (χ4n) is 2.25. The highest BCUT2D eigenvalue weighted by molar-refractivity contribution is 5.89. The van der Waals surface area contributed by atoms with Gasteiger partial charge in [0, 0.05) is 26.2 Å². The third-order valence-electron chi connectivity index (χ3n) is 3.71. The second-order valence-electron chi connectivity index (χ2n) is 6.16. The fourth-order valence-corrected chi connectivity index (χ4v) is 2.25. The Morgan fingerprint density at radius 2 is 1.76 bits per heavy atom. The monoisotopic (exact) mass is 340 g/mol. The summed E-state index contributed by atoms with van der Waals surface area (Å²) in [5, 5.41) is 2.76. The van der Waals surface area contributed by atoms with E-state index in [4.69, 9.17) is 4.74 Å². The van der Waals surface area contributed by atoms with Crippen molar-refractivity contribution in [2.45, 2.75) is 19.8 Å². The average Bonchev–Trinajstić information content (AvgIpc) is 2.57. The van der Waals surface area contributed by atoms with Gasteiger partial charge in [-0.25, -0.2) is 4.79 Å². The van der Waals surface area contributed by atoms with E-state index in [1.165, 1.54) is 10.5 Å². The molecule has 0 spiro atoms. The maximum atomic E-state index is 12.0. The van der Waals surface area contributed by atoms with Crippen LogP contribution in [0.1, 0.15) is 16.7 Å². The highest BCUT2D eigenvalue weighted by Gasteiger charge is 2.08. The summed E-state index contributed by atoms with van der Waals surface area (Å²) >= 11 is 0. The van der Waals surface area contributed by atoms with Crippen LogP contribution in [0.2, 0.25) is 0 Å². The molecule has 0 fully saturated rings. The van der Waals surface area contributed by atoms with E-state index in [1.807, 2.05) is 37.3 Å². The molecular formula is C20H24N2O3. The first-order chi connectivity index (χ1) is 11.9. The van der Waals surface area contributed by atoms with Gasteiger partial charge in [-0.15, -0.1) is 0 Å². The van der Waals surface area contributed by atoms with E-state index in [0.29, 0.717) is 18.7 Å². The van der Waals surface area contributed by atoms with Crippen molar-refractivity contribution in [1.82, 2.24) is 4.90 Å². The minimum absolute atomic E-state index is 0.180. The smallest absolute Gasteiger partial charge is 0.321 e. The Balaban J connectivity index is 1.81. The molecule has 0 aliphatic rings. The Labute approximate surface area is 148 Å². The van der Waals surface area contributed by atoms with Gasteiger partial charge in [0.15, 0.2) is 0 Å². The van der Waals surface area contributed by atoms with Gasteiger partial charge in [-0.3, -0.25) is 4.79 Å². The van der Waals surface area contributed by atoms with Gasteiger partial charge in [-0.05, 0) is 30.2 Å². The standard InChI is InChI=1S/C20H24N2O3/c1-15-7-9-16(10-8-15)11-12-25-19(23)14-17-5-4-6-18(13-17)21-20(24)22(2)3/h4-10,13H,11-12,14H2,1-3H3,(H,21,24). The molecule has 0 atom stereocenters. The van der Waals surface area contributed by atoms with Gasteiger partial charge in [-0.1, -0.05) is 42.0 Å². The van der Waals surface area contributed by atoms with Crippen molar-refractivity contribution < 1.29 is 14.3 Å². The molecular weight excluding hydrogens is 316 g/mol. The van der Waals surface area contributed by atoms with Crippen LogP contribution in [-0.4, -0.2) is 37.6 Å². The highest BCUT2D eigenvalue weighted by atomic mass is 16.5. The Kier molecular flexibility index (Phi) is 6.57. The molecule has 0 aliphatic carbocycles. The average molecular weight is 340 g/mol. The molecule has 1 N–H and O–H groups in total. The number of aryl methyl sites for hydroxylation is 1. The summed E-state index contributed by atoms with van der Waals surface area (Å²) in [5.41, 5.74) is 3.81. The molecule has 0 saturated carbocycles. The third-order valence-corrected chi connectivity index (χ3v) is 3.71. The maximum absolute atomic E-state index is 12.0. The number of carbonyl (C=O) groups excluding carboxylic acids is 2. The van der Waals surface area contributed by atoms with Gasteiger partial charge < -0.3 is 15.0 Å². The lowest BCUT2D eigenvalue weighted by Crippen LogP contribution is -2.27.